The summed E-state index contributed by atoms with van der Waals surface area (Å²) in [5, 5.41) is 2.32. The smallest absolute Gasteiger partial charge is 0.325 e. The number of fused-ring (bicyclic) bond motifs is 2. The van der Waals surface area contributed by atoms with Gasteiger partial charge in [0.15, 0.2) is 17.5 Å². The van der Waals surface area contributed by atoms with E-state index in [0.29, 0.717) is 0 Å². The quantitative estimate of drug-likeness (QED) is 0.607. The zero-order chi connectivity index (χ0) is 21.4. The summed E-state index contributed by atoms with van der Waals surface area (Å²) in [7, 11) is 0. The van der Waals surface area contributed by atoms with Crippen LogP contribution in [0.4, 0.5) is 4.39 Å². The van der Waals surface area contributed by atoms with Gasteiger partial charge in [-0.15, -0.1) is 0 Å². The van der Waals surface area contributed by atoms with Crippen molar-refractivity contribution in [3.05, 3.63) is 35.1 Å². The molecule has 0 aromatic heterocycles. The van der Waals surface area contributed by atoms with Crippen molar-refractivity contribution in [1.29, 1.82) is 0 Å². The summed E-state index contributed by atoms with van der Waals surface area (Å²) < 4.78 is 25.1. The number of ketones is 2. The Bertz CT molecular complexity index is 866. The summed E-state index contributed by atoms with van der Waals surface area (Å²) in [6.07, 6.45) is 0.367. The molecule has 3 rings (SSSR count). The van der Waals surface area contributed by atoms with E-state index in [0.717, 1.165) is 0 Å². The third kappa shape index (κ3) is 3.94. The van der Waals surface area contributed by atoms with Crippen molar-refractivity contribution in [3.8, 4) is 0 Å². The van der Waals surface area contributed by atoms with Crippen LogP contribution in [0.25, 0.3) is 0 Å². The lowest BCUT2D eigenvalue weighted by atomic mass is 9.60. The minimum absolute atomic E-state index is 0.0314. The first kappa shape index (κ1) is 21.1. The molecule has 0 saturated carbocycles. The Labute approximate surface area is 167 Å². The summed E-state index contributed by atoms with van der Waals surface area (Å²) in [5.74, 6) is -5.25. The van der Waals surface area contributed by atoms with Crippen LogP contribution in [0.1, 0.15) is 49.5 Å². The molecule has 1 aliphatic carbocycles. The van der Waals surface area contributed by atoms with Gasteiger partial charge in [0, 0.05) is 24.3 Å². The van der Waals surface area contributed by atoms with E-state index in [1.54, 1.807) is 20.8 Å². The zero-order valence-electron chi connectivity index (χ0n) is 16.7. The van der Waals surface area contributed by atoms with Crippen LogP contribution in [0.15, 0.2) is 18.2 Å². The third-order valence-corrected chi connectivity index (χ3v) is 5.19. The molecule has 1 aliphatic heterocycles. The van der Waals surface area contributed by atoms with Gasteiger partial charge < -0.3 is 14.8 Å². The number of benzene rings is 1. The van der Waals surface area contributed by atoms with Gasteiger partial charge in [0.05, 0.1) is 5.41 Å². The van der Waals surface area contributed by atoms with E-state index in [-0.39, 0.29) is 37.2 Å². The number of hydrogen-bond acceptors (Lipinski definition) is 6. The predicted octanol–water partition coefficient (Wildman–Crippen LogP) is 1.71. The van der Waals surface area contributed by atoms with E-state index in [9.17, 15) is 23.6 Å². The number of carbonyl (C=O) groups is 4. The second-order valence-electron chi connectivity index (χ2n) is 8.32. The highest BCUT2D eigenvalue weighted by atomic mass is 19.1. The minimum atomic E-state index is -1.63. The summed E-state index contributed by atoms with van der Waals surface area (Å²) in [5.41, 5.74) is -1.94. The molecule has 8 heteroatoms. The van der Waals surface area contributed by atoms with Crippen molar-refractivity contribution in [3.63, 3.8) is 0 Å². The molecule has 1 amide bonds. The van der Waals surface area contributed by atoms with E-state index in [1.807, 2.05) is 0 Å². The van der Waals surface area contributed by atoms with Crippen LogP contribution in [-0.4, -0.2) is 48.8 Å². The largest absolute Gasteiger partial charge is 0.459 e. The first-order valence-corrected chi connectivity index (χ1v) is 9.52. The predicted molar refractivity (Wildman–Crippen MR) is 99.8 cm³/mol. The highest BCUT2D eigenvalue weighted by Gasteiger charge is 2.55. The number of esters is 1. The summed E-state index contributed by atoms with van der Waals surface area (Å²) in [6.45, 7) is 5.02. The van der Waals surface area contributed by atoms with Crippen LogP contribution >= 0.6 is 0 Å². The number of Topliss-reactive ketones (excluding diaryl/α,β-unsaturated/α-hetero) is 2. The Morgan fingerprint density at radius 2 is 1.90 bits per heavy atom. The van der Waals surface area contributed by atoms with Gasteiger partial charge in [-0.2, -0.15) is 0 Å². The fraction of sp³-hybridized carbons (Fsp3) is 0.524. The molecule has 2 aliphatic rings. The second kappa shape index (κ2) is 7.67. The molecule has 1 atom stereocenters. The van der Waals surface area contributed by atoms with Gasteiger partial charge >= 0.3 is 5.97 Å². The van der Waals surface area contributed by atoms with Crippen molar-refractivity contribution >= 4 is 23.4 Å². The maximum atomic E-state index is 14.7. The normalized spacial score (nSPS) is 20.9. The Balaban J connectivity index is 1.90. The van der Waals surface area contributed by atoms with Crippen LogP contribution in [-0.2, 0) is 29.3 Å². The average Bonchev–Trinajstić information content (AvgIpc) is 2.64. The van der Waals surface area contributed by atoms with Gasteiger partial charge in [0.2, 0.25) is 5.91 Å². The molecule has 7 nitrogen and oxygen atoms in total. The van der Waals surface area contributed by atoms with Crippen molar-refractivity contribution in [2.24, 2.45) is 5.92 Å². The van der Waals surface area contributed by atoms with Gasteiger partial charge in [-0.1, -0.05) is 12.1 Å². The molecular formula is C21H24FNO6. The molecule has 1 heterocycles. The molecule has 1 saturated heterocycles. The van der Waals surface area contributed by atoms with Crippen LogP contribution in [0.5, 0.6) is 0 Å². The van der Waals surface area contributed by atoms with Crippen LogP contribution < -0.4 is 5.32 Å². The van der Waals surface area contributed by atoms with Gasteiger partial charge in [0.25, 0.3) is 0 Å². The fourth-order valence-electron chi connectivity index (χ4n) is 3.98. The molecule has 0 radical (unpaired) electrons. The molecule has 1 spiro atoms. The van der Waals surface area contributed by atoms with Crippen LogP contribution in [0.3, 0.4) is 0 Å². The van der Waals surface area contributed by atoms with E-state index < -0.39 is 52.7 Å². The summed E-state index contributed by atoms with van der Waals surface area (Å²) >= 11 is 0. The molecule has 1 N–H and O–H groups in total. The van der Waals surface area contributed by atoms with Crippen LogP contribution in [0, 0.1) is 11.7 Å². The molecule has 156 valence electrons. The van der Waals surface area contributed by atoms with Crippen molar-refractivity contribution < 1.29 is 33.0 Å². The minimum Gasteiger partial charge on any atom is -0.459 e. The number of carbonyl (C=O) groups excluding carboxylic acids is 4. The Morgan fingerprint density at radius 3 is 2.52 bits per heavy atom. The first-order valence-electron chi connectivity index (χ1n) is 9.52. The topological polar surface area (TPSA) is 98.8 Å². The highest BCUT2D eigenvalue weighted by molar-refractivity contribution is 6.29. The standard InChI is InChI=1S/C21H24FNO6/c1-20(2,3)29-14(24)11-23-19(27)15-17(25)12-5-4-6-13(22)16(12)21(18(15)26)7-9-28-10-8-21/h4-6,15H,7-11H2,1-3H3,(H,23,27). The number of rotatable bonds is 3. The van der Waals surface area contributed by atoms with E-state index in [1.165, 1.54) is 18.2 Å². The van der Waals surface area contributed by atoms with Crippen LogP contribution in [0.2, 0.25) is 0 Å². The molecule has 0 bridgehead atoms. The van der Waals surface area contributed by atoms with Gasteiger partial charge in [0.1, 0.15) is 18.0 Å². The fourth-order valence-corrected chi connectivity index (χ4v) is 3.98. The van der Waals surface area contributed by atoms with Gasteiger partial charge in [-0.25, -0.2) is 4.39 Å². The zero-order valence-corrected chi connectivity index (χ0v) is 16.7. The number of hydrogen-bond donors (Lipinski definition) is 1. The first-order chi connectivity index (χ1) is 13.6. The Kier molecular flexibility index (Phi) is 5.58. The van der Waals surface area contributed by atoms with Gasteiger partial charge in [-0.05, 0) is 39.7 Å². The highest BCUT2D eigenvalue weighted by Crippen LogP contribution is 2.45. The number of ether oxygens (including phenoxy) is 2. The number of halogens is 1. The van der Waals surface area contributed by atoms with E-state index >= 15 is 0 Å². The van der Waals surface area contributed by atoms with Crippen molar-refractivity contribution in [1.82, 2.24) is 5.32 Å². The Morgan fingerprint density at radius 1 is 1.24 bits per heavy atom. The third-order valence-electron chi connectivity index (χ3n) is 5.19. The molecule has 1 aromatic carbocycles. The molecule has 1 fully saturated rings. The molecule has 1 aromatic rings. The summed E-state index contributed by atoms with van der Waals surface area (Å²) in [6, 6.07) is 4.02. The number of amides is 1. The molecular weight excluding hydrogens is 381 g/mol. The Hall–Kier alpha value is -2.61. The monoisotopic (exact) mass is 405 g/mol. The van der Waals surface area contributed by atoms with Crippen molar-refractivity contribution in [2.45, 2.75) is 44.6 Å². The average molecular weight is 405 g/mol. The summed E-state index contributed by atoms with van der Waals surface area (Å²) in [4.78, 5) is 50.8. The number of nitrogens with one attached hydrogen (secondary N) is 1. The van der Waals surface area contributed by atoms with E-state index in [2.05, 4.69) is 5.32 Å². The lowest BCUT2D eigenvalue weighted by Gasteiger charge is -2.42. The lowest BCUT2D eigenvalue weighted by molar-refractivity contribution is -0.155. The second-order valence-corrected chi connectivity index (χ2v) is 8.32. The SMILES string of the molecule is CC(C)(C)OC(=O)CNC(=O)C1C(=O)c2cccc(F)c2C2(CCOCC2)C1=O. The molecule has 29 heavy (non-hydrogen) atoms. The van der Waals surface area contributed by atoms with E-state index in [4.69, 9.17) is 9.47 Å². The molecule has 1 unspecified atom stereocenters. The van der Waals surface area contributed by atoms with Gasteiger partial charge in [-0.3, -0.25) is 19.2 Å². The maximum Gasteiger partial charge on any atom is 0.325 e. The maximum absolute atomic E-state index is 14.7. The lowest BCUT2D eigenvalue weighted by Crippen LogP contribution is -2.56. The van der Waals surface area contributed by atoms with Crippen molar-refractivity contribution in [2.75, 3.05) is 19.8 Å².